The summed E-state index contributed by atoms with van der Waals surface area (Å²) in [6.45, 7) is 9.67. The molecule has 2 N–H and O–H groups in total. The maximum atomic E-state index is 12.8. The predicted molar refractivity (Wildman–Crippen MR) is 119 cm³/mol. The SMILES string of the molecule is CCCC(CNC(=O)c1nc2nc(C)cc(C)n2n1)NC(=O)c1nc2nc(C)cc(C)n2n1. The van der Waals surface area contributed by atoms with Crippen LogP contribution in [-0.2, 0) is 0 Å². The number of aromatic nitrogens is 8. The van der Waals surface area contributed by atoms with Crippen molar-refractivity contribution in [3.8, 4) is 0 Å². The minimum Gasteiger partial charge on any atom is -0.347 e. The van der Waals surface area contributed by atoms with Gasteiger partial charge >= 0.3 is 0 Å². The van der Waals surface area contributed by atoms with Gasteiger partial charge in [-0.15, -0.1) is 10.2 Å². The minimum absolute atomic E-state index is 0.0247. The number of fused-ring (bicyclic) bond motifs is 2. The molecule has 0 aliphatic heterocycles. The van der Waals surface area contributed by atoms with Crippen molar-refractivity contribution in [3.63, 3.8) is 0 Å². The molecule has 0 saturated carbocycles. The van der Waals surface area contributed by atoms with Crippen LogP contribution < -0.4 is 10.6 Å². The zero-order chi connectivity index (χ0) is 23.7. The van der Waals surface area contributed by atoms with Gasteiger partial charge in [-0.2, -0.15) is 9.97 Å². The summed E-state index contributed by atoms with van der Waals surface area (Å²) in [5.74, 6) is -0.0667. The predicted octanol–water partition coefficient (Wildman–Crippen LogP) is 1.12. The lowest BCUT2D eigenvalue weighted by Gasteiger charge is -2.17. The summed E-state index contributed by atoms with van der Waals surface area (Å²) in [5.41, 5.74) is 3.26. The molecule has 0 aliphatic rings. The Labute approximate surface area is 189 Å². The van der Waals surface area contributed by atoms with Gasteiger partial charge in [0.2, 0.25) is 11.6 Å². The van der Waals surface area contributed by atoms with Crippen LogP contribution >= 0.6 is 0 Å². The molecule has 4 aromatic heterocycles. The molecule has 0 fully saturated rings. The second kappa shape index (κ2) is 8.88. The van der Waals surface area contributed by atoms with Crippen molar-refractivity contribution in [1.82, 2.24) is 49.8 Å². The van der Waals surface area contributed by atoms with E-state index in [1.165, 1.54) is 9.03 Å². The largest absolute Gasteiger partial charge is 0.347 e. The van der Waals surface area contributed by atoms with E-state index in [4.69, 9.17) is 0 Å². The number of rotatable bonds is 7. The number of hydrogen-bond acceptors (Lipinski definition) is 8. The Kier molecular flexibility index (Phi) is 5.99. The summed E-state index contributed by atoms with van der Waals surface area (Å²) in [6, 6.07) is 3.42. The van der Waals surface area contributed by atoms with Crippen LogP contribution in [0.4, 0.5) is 0 Å². The zero-order valence-electron chi connectivity index (χ0n) is 19.2. The third-order valence-corrected chi connectivity index (χ3v) is 5.12. The molecule has 12 heteroatoms. The molecular formula is C21H26N10O2. The van der Waals surface area contributed by atoms with Crippen molar-refractivity contribution in [2.45, 2.75) is 53.5 Å². The lowest BCUT2D eigenvalue weighted by molar-refractivity contribution is 0.0896. The summed E-state index contributed by atoms with van der Waals surface area (Å²) in [4.78, 5) is 42.5. The van der Waals surface area contributed by atoms with Gasteiger partial charge < -0.3 is 10.6 Å². The van der Waals surface area contributed by atoms with Gasteiger partial charge in [-0.05, 0) is 46.2 Å². The van der Waals surface area contributed by atoms with E-state index in [-0.39, 0.29) is 24.2 Å². The van der Waals surface area contributed by atoms with E-state index in [0.717, 1.165) is 29.2 Å². The highest BCUT2D eigenvalue weighted by molar-refractivity contribution is 5.92. The molecule has 33 heavy (non-hydrogen) atoms. The zero-order valence-corrected chi connectivity index (χ0v) is 19.2. The number of hydrogen-bond donors (Lipinski definition) is 2. The lowest BCUT2D eigenvalue weighted by atomic mass is 10.1. The Morgan fingerprint density at radius 3 is 1.88 bits per heavy atom. The lowest BCUT2D eigenvalue weighted by Crippen LogP contribution is -2.44. The second-order valence-electron chi connectivity index (χ2n) is 8.04. The van der Waals surface area contributed by atoms with Crippen molar-refractivity contribution >= 4 is 23.4 Å². The first-order valence-corrected chi connectivity index (χ1v) is 10.8. The highest BCUT2D eigenvalue weighted by atomic mass is 16.2. The summed E-state index contributed by atoms with van der Waals surface area (Å²) < 4.78 is 3.06. The van der Waals surface area contributed by atoms with Gasteiger partial charge in [0.15, 0.2) is 0 Å². The van der Waals surface area contributed by atoms with E-state index >= 15 is 0 Å². The van der Waals surface area contributed by atoms with E-state index in [1.807, 2.05) is 46.8 Å². The van der Waals surface area contributed by atoms with Gasteiger partial charge in [0.25, 0.3) is 23.4 Å². The number of amides is 2. The highest BCUT2D eigenvalue weighted by Crippen LogP contribution is 2.07. The maximum absolute atomic E-state index is 12.8. The number of aryl methyl sites for hydroxylation is 4. The third-order valence-electron chi connectivity index (χ3n) is 5.12. The summed E-state index contributed by atoms with van der Waals surface area (Å²) in [5, 5.41) is 14.2. The molecule has 4 aromatic rings. The molecule has 0 radical (unpaired) electrons. The third kappa shape index (κ3) is 4.64. The fourth-order valence-electron chi connectivity index (χ4n) is 3.64. The normalized spacial score (nSPS) is 12.3. The Bertz CT molecular complexity index is 1360. The number of nitrogens with zero attached hydrogens (tertiary/aromatic N) is 8. The molecule has 0 saturated heterocycles. The van der Waals surface area contributed by atoms with Crippen LogP contribution in [0.1, 0.15) is 63.8 Å². The van der Waals surface area contributed by atoms with E-state index in [2.05, 4.69) is 40.8 Å². The molecule has 4 heterocycles. The fourth-order valence-corrected chi connectivity index (χ4v) is 3.64. The molecule has 2 amide bonds. The number of carbonyl (C=O) groups excluding carboxylic acids is 2. The maximum Gasteiger partial charge on any atom is 0.291 e. The van der Waals surface area contributed by atoms with Gasteiger partial charge in [0, 0.05) is 35.4 Å². The van der Waals surface area contributed by atoms with Gasteiger partial charge in [-0.1, -0.05) is 13.3 Å². The molecule has 4 rings (SSSR count). The van der Waals surface area contributed by atoms with Crippen LogP contribution in [0.2, 0.25) is 0 Å². The average Bonchev–Trinajstić information content (AvgIpc) is 3.36. The van der Waals surface area contributed by atoms with E-state index in [1.54, 1.807) is 0 Å². The number of nitrogens with one attached hydrogen (secondary N) is 2. The second-order valence-corrected chi connectivity index (χ2v) is 8.04. The standard InChI is InChI=1S/C21H26N10O2/c1-6-7-15(25-19(33)17-27-21-24-12(3)9-14(5)31(21)29-17)10-22-18(32)16-26-20-23-11(2)8-13(4)30(20)28-16/h8-9,15H,6-7,10H2,1-5H3,(H,22,32)(H,25,33). The van der Waals surface area contributed by atoms with Crippen molar-refractivity contribution in [2.75, 3.05) is 6.54 Å². The molecular weight excluding hydrogens is 424 g/mol. The Morgan fingerprint density at radius 2 is 1.36 bits per heavy atom. The summed E-state index contributed by atoms with van der Waals surface area (Å²) in [7, 11) is 0. The van der Waals surface area contributed by atoms with Gasteiger partial charge in [-0.25, -0.2) is 19.0 Å². The van der Waals surface area contributed by atoms with Gasteiger partial charge in [-0.3, -0.25) is 9.59 Å². The molecule has 0 bridgehead atoms. The molecule has 0 aromatic carbocycles. The molecule has 0 spiro atoms. The van der Waals surface area contributed by atoms with E-state index in [0.29, 0.717) is 18.0 Å². The molecule has 0 aliphatic carbocycles. The number of carbonyl (C=O) groups is 2. The van der Waals surface area contributed by atoms with Crippen LogP contribution in [0.15, 0.2) is 12.1 Å². The van der Waals surface area contributed by atoms with Crippen molar-refractivity contribution in [3.05, 3.63) is 46.6 Å². The van der Waals surface area contributed by atoms with Crippen molar-refractivity contribution in [2.24, 2.45) is 0 Å². The highest BCUT2D eigenvalue weighted by Gasteiger charge is 2.21. The van der Waals surface area contributed by atoms with Crippen molar-refractivity contribution < 1.29 is 9.59 Å². The first kappa shape index (κ1) is 22.2. The molecule has 172 valence electrons. The van der Waals surface area contributed by atoms with Gasteiger partial charge in [0.05, 0.1) is 0 Å². The summed E-state index contributed by atoms with van der Waals surface area (Å²) >= 11 is 0. The van der Waals surface area contributed by atoms with Crippen LogP contribution in [0.5, 0.6) is 0 Å². The average molecular weight is 451 g/mol. The fraction of sp³-hybridized carbons (Fsp3) is 0.429. The minimum atomic E-state index is -0.436. The van der Waals surface area contributed by atoms with E-state index < -0.39 is 11.8 Å². The molecule has 1 unspecified atom stereocenters. The van der Waals surface area contributed by atoms with Crippen LogP contribution in [0.25, 0.3) is 11.6 Å². The smallest absolute Gasteiger partial charge is 0.291 e. The Morgan fingerprint density at radius 1 is 0.848 bits per heavy atom. The molecule has 12 nitrogen and oxygen atoms in total. The topological polar surface area (TPSA) is 144 Å². The monoisotopic (exact) mass is 450 g/mol. The Balaban J connectivity index is 1.44. The first-order chi connectivity index (χ1) is 15.7. The molecule has 1 atom stereocenters. The quantitative estimate of drug-likeness (QED) is 0.426. The van der Waals surface area contributed by atoms with Crippen molar-refractivity contribution in [1.29, 1.82) is 0 Å². The summed E-state index contributed by atoms with van der Waals surface area (Å²) in [6.07, 6.45) is 1.47. The first-order valence-electron chi connectivity index (χ1n) is 10.8. The van der Waals surface area contributed by atoms with E-state index in [9.17, 15) is 9.59 Å². The van der Waals surface area contributed by atoms with Crippen LogP contribution in [-0.4, -0.2) is 63.6 Å². The van der Waals surface area contributed by atoms with Gasteiger partial charge in [0.1, 0.15) is 0 Å². The Hall–Kier alpha value is -3.96. The van der Waals surface area contributed by atoms with Crippen LogP contribution in [0, 0.1) is 27.7 Å². The van der Waals surface area contributed by atoms with Crippen LogP contribution in [0.3, 0.4) is 0 Å².